The number of amides is 2. The third-order valence-electron chi connectivity index (χ3n) is 4.70. The van der Waals surface area contributed by atoms with Gasteiger partial charge in [-0.05, 0) is 39.0 Å². The summed E-state index contributed by atoms with van der Waals surface area (Å²) in [5.74, 6) is -1.06. The van der Waals surface area contributed by atoms with Crippen molar-refractivity contribution in [2.45, 2.75) is 32.9 Å². The van der Waals surface area contributed by atoms with Crippen molar-refractivity contribution in [3.8, 4) is 23.0 Å². The zero-order valence-electron chi connectivity index (χ0n) is 17.6. The molecule has 0 radical (unpaired) electrons. The van der Waals surface area contributed by atoms with Crippen LogP contribution in [0.1, 0.15) is 42.4 Å². The molecule has 1 aromatic carbocycles. The molecule has 0 saturated carbocycles. The number of carbonyl (C=O) groups excluding carboxylic acids is 2. The average molecular weight is 434 g/mol. The number of rotatable bonds is 2. The van der Waals surface area contributed by atoms with Gasteiger partial charge in [0.05, 0.1) is 46.4 Å². The number of nitrogens with two attached hydrogens (primary N) is 1. The van der Waals surface area contributed by atoms with Gasteiger partial charge in [-0.3, -0.25) is 4.79 Å². The number of nitriles is 1. The smallest absolute Gasteiger partial charge is 0.417 e. The molecule has 3 aromatic rings. The lowest BCUT2D eigenvalue weighted by molar-refractivity contribution is 0.0247. The minimum atomic E-state index is -0.823. The van der Waals surface area contributed by atoms with E-state index in [1.807, 2.05) is 6.07 Å². The van der Waals surface area contributed by atoms with Crippen LogP contribution in [0.15, 0.2) is 36.5 Å². The summed E-state index contributed by atoms with van der Waals surface area (Å²) in [4.78, 5) is 31.1. The van der Waals surface area contributed by atoms with Gasteiger partial charge in [0.1, 0.15) is 17.2 Å². The number of hydrogen-bond donors (Lipinski definition) is 1. The van der Waals surface area contributed by atoms with Gasteiger partial charge in [-0.1, -0.05) is 6.07 Å². The van der Waals surface area contributed by atoms with Gasteiger partial charge in [0.15, 0.2) is 0 Å². The number of aromatic nitrogens is 3. The summed E-state index contributed by atoms with van der Waals surface area (Å²) in [6, 6.07) is 9.04. The Labute approximate surface area is 182 Å². The molecule has 1 aliphatic heterocycles. The zero-order valence-corrected chi connectivity index (χ0v) is 17.6. The predicted octanol–water partition coefficient (Wildman–Crippen LogP) is 3.42. The van der Waals surface area contributed by atoms with E-state index in [4.69, 9.17) is 10.5 Å². The molecule has 0 spiro atoms. The molecule has 2 amide bonds. The Bertz CT molecular complexity index is 1300. The summed E-state index contributed by atoms with van der Waals surface area (Å²) >= 11 is 0. The van der Waals surface area contributed by atoms with Gasteiger partial charge < -0.3 is 10.5 Å². The van der Waals surface area contributed by atoms with Crippen LogP contribution in [0.4, 0.5) is 15.0 Å². The van der Waals surface area contributed by atoms with Crippen LogP contribution < -0.4 is 5.73 Å². The standard InChI is InChI=1S/C22H19FN6O3/c1-22(2,3)32-21(31)28-11-15-19(20(28)30)16(29-8-7-17(25)27-29)9-14(26-15)18-12(10-24)5-4-6-13(18)23/h4-9H,11H2,1-3H3,(H2,25,27). The topological polar surface area (TPSA) is 127 Å². The Morgan fingerprint density at radius 2 is 2.03 bits per heavy atom. The van der Waals surface area contributed by atoms with Crippen molar-refractivity contribution in [3.05, 3.63) is 59.2 Å². The van der Waals surface area contributed by atoms with Crippen molar-refractivity contribution in [2.24, 2.45) is 0 Å². The Hall–Kier alpha value is -4.26. The first kappa shape index (κ1) is 21.0. The summed E-state index contributed by atoms with van der Waals surface area (Å²) in [5, 5.41) is 13.6. The third-order valence-corrected chi connectivity index (χ3v) is 4.70. The number of fused-ring (bicyclic) bond motifs is 1. The molecule has 0 aliphatic carbocycles. The van der Waals surface area contributed by atoms with Gasteiger partial charge in [-0.2, -0.15) is 10.4 Å². The highest BCUT2D eigenvalue weighted by molar-refractivity contribution is 6.08. The third kappa shape index (κ3) is 3.65. The van der Waals surface area contributed by atoms with Crippen LogP contribution in [0.25, 0.3) is 16.9 Å². The highest BCUT2D eigenvalue weighted by Crippen LogP contribution is 2.34. The number of anilines is 1. The van der Waals surface area contributed by atoms with Crippen LogP contribution in [-0.2, 0) is 11.3 Å². The molecule has 32 heavy (non-hydrogen) atoms. The molecule has 0 fully saturated rings. The average Bonchev–Trinajstić information content (AvgIpc) is 3.29. The number of carbonyl (C=O) groups is 2. The first-order valence-electron chi connectivity index (χ1n) is 9.68. The molecule has 0 unspecified atom stereocenters. The van der Waals surface area contributed by atoms with E-state index in [2.05, 4.69) is 10.1 Å². The maximum absolute atomic E-state index is 14.7. The van der Waals surface area contributed by atoms with E-state index in [1.165, 1.54) is 41.2 Å². The zero-order chi connectivity index (χ0) is 23.2. The lowest BCUT2D eigenvalue weighted by Crippen LogP contribution is -2.37. The molecule has 4 rings (SSSR count). The van der Waals surface area contributed by atoms with E-state index < -0.39 is 23.4 Å². The van der Waals surface area contributed by atoms with E-state index in [9.17, 15) is 19.2 Å². The summed E-state index contributed by atoms with van der Waals surface area (Å²) in [6.07, 6.45) is 0.710. The van der Waals surface area contributed by atoms with Crippen LogP contribution >= 0.6 is 0 Å². The van der Waals surface area contributed by atoms with Crippen molar-refractivity contribution in [2.75, 3.05) is 5.73 Å². The molecular weight excluding hydrogens is 415 g/mol. The SMILES string of the molecule is CC(C)(C)OC(=O)N1Cc2nc(-c3c(F)cccc3C#N)cc(-n3ccc(N)n3)c2C1=O. The van der Waals surface area contributed by atoms with E-state index in [0.717, 1.165) is 4.90 Å². The van der Waals surface area contributed by atoms with Crippen LogP contribution in [0.3, 0.4) is 0 Å². The van der Waals surface area contributed by atoms with Gasteiger partial charge in [0.25, 0.3) is 5.91 Å². The molecule has 1 aliphatic rings. The molecule has 3 heterocycles. The fourth-order valence-corrected chi connectivity index (χ4v) is 3.41. The first-order valence-corrected chi connectivity index (χ1v) is 9.68. The number of hydrogen-bond acceptors (Lipinski definition) is 7. The van der Waals surface area contributed by atoms with Gasteiger partial charge in [-0.15, -0.1) is 0 Å². The van der Waals surface area contributed by atoms with Gasteiger partial charge in [0.2, 0.25) is 0 Å². The van der Waals surface area contributed by atoms with Crippen molar-refractivity contribution >= 4 is 17.8 Å². The molecule has 0 bridgehead atoms. The number of benzene rings is 1. The number of nitrogen functional groups attached to an aromatic ring is 1. The van der Waals surface area contributed by atoms with Crippen molar-refractivity contribution in [1.29, 1.82) is 5.26 Å². The largest absolute Gasteiger partial charge is 0.443 e. The van der Waals surface area contributed by atoms with Crippen LogP contribution in [0, 0.1) is 17.1 Å². The monoisotopic (exact) mass is 434 g/mol. The Morgan fingerprint density at radius 1 is 1.28 bits per heavy atom. The molecule has 162 valence electrons. The normalized spacial score (nSPS) is 13.1. The summed E-state index contributed by atoms with van der Waals surface area (Å²) in [6.45, 7) is 4.90. The number of ether oxygens (including phenoxy) is 1. The highest BCUT2D eigenvalue weighted by atomic mass is 19.1. The van der Waals surface area contributed by atoms with Gasteiger partial charge in [0, 0.05) is 12.3 Å². The highest BCUT2D eigenvalue weighted by Gasteiger charge is 2.39. The molecule has 0 atom stereocenters. The number of nitrogens with zero attached hydrogens (tertiary/aromatic N) is 5. The van der Waals surface area contributed by atoms with E-state index in [-0.39, 0.29) is 46.1 Å². The fourth-order valence-electron chi connectivity index (χ4n) is 3.41. The quantitative estimate of drug-likeness (QED) is 0.655. The van der Waals surface area contributed by atoms with E-state index in [0.29, 0.717) is 0 Å². The molecule has 0 saturated heterocycles. The maximum atomic E-state index is 14.7. The summed E-state index contributed by atoms with van der Waals surface area (Å²) in [7, 11) is 0. The molecule has 2 aromatic heterocycles. The van der Waals surface area contributed by atoms with E-state index in [1.54, 1.807) is 20.8 Å². The molecule has 10 heteroatoms. The van der Waals surface area contributed by atoms with Crippen LogP contribution in [0.2, 0.25) is 0 Å². The second-order valence-electron chi connectivity index (χ2n) is 8.18. The Balaban J connectivity index is 1.90. The van der Waals surface area contributed by atoms with Crippen LogP contribution in [0.5, 0.6) is 0 Å². The summed E-state index contributed by atoms with van der Waals surface area (Å²) in [5.41, 5.74) is 5.74. The molecular formula is C22H19FN6O3. The molecule has 2 N–H and O–H groups in total. The van der Waals surface area contributed by atoms with Crippen molar-refractivity contribution in [3.63, 3.8) is 0 Å². The number of halogens is 1. The minimum absolute atomic E-state index is 0.0117. The summed E-state index contributed by atoms with van der Waals surface area (Å²) < 4.78 is 21.4. The predicted molar refractivity (Wildman–Crippen MR) is 112 cm³/mol. The van der Waals surface area contributed by atoms with Gasteiger partial charge in [-0.25, -0.2) is 23.8 Å². The molecule has 9 nitrogen and oxygen atoms in total. The minimum Gasteiger partial charge on any atom is -0.443 e. The fraction of sp³-hybridized carbons (Fsp3) is 0.227. The first-order chi connectivity index (χ1) is 15.1. The van der Waals surface area contributed by atoms with E-state index >= 15 is 0 Å². The second kappa shape index (κ2) is 7.46. The lowest BCUT2D eigenvalue weighted by atomic mass is 10.0. The number of pyridine rings is 1. The van der Waals surface area contributed by atoms with Gasteiger partial charge >= 0.3 is 6.09 Å². The lowest BCUT2D eigenvalue weighted by Gasteiger charge is -2.23. The number of imide groups is 1. The van der Waals surface area contributed by atoms with Crippen LogP contribution in [-0.4, -0.2) is 37.3 Å². The van der Waals surface area contributed by atoms with Crippen molar-refractivity contribution < 1.29 is 18.7 Å². The van der Waals surface area contributed by atoms with Crippen molar-refractivity contribution in [1.82, 2.24) is 19.7 Å². The Morgan fingerprint density at radius 3 is 2.66 bits per heavy atom. The maximum Gasteiger partial charge on any atom is 0.417 e. The Kier molecular flexibility index (Phi) is 4.89. The second-order valence-corrected chi connectivity index (χ2v) is 8.18.